The van der Waals surface area contributed by atoms with Crippen LogP contribution in [0.25, 0.3) is 0 Å². The van der Waals surface area contributed by atoms with Gasteiger partial charge in [0, 0.05) is 25.7 Å². The zero-order chi connectivity index (χ0) is 13.0. The summed E-state index contributed by atoms with van der Waals surface area (Å²) in [7, 11) is 1.85. The highest BCUT2D eigenvalue weighted by Crippen LogP contribution is 2.15. The van der Waals surface area contributed by atoms with Crippen molar-refractivity contribution >= 4 is 5.91 Å². The number of likely N-dealkylation sites (N-methyl/N-ethyl adjacent to an activating group) is 1. The van der Waals surface area contributed by atoms with Gasteiger partial charge in [0.15, 0.2) is 0 Å². The predicted molar refractivity (Wildman–Crippen MR) is 68.9 cm³/mol. The van der Waals surface area contributed by atoms with E-state index in [-0.39, 0.29) is 30.1 Å². The van der Waals surface area contributed by atoms with Gasteiger partial charge in [-0.25, -0.2) is 0 Å². The third-order valence-electron chi connectivity index (χ3n) is 3.53. The average molecular weight is 242 g/mol. The lowest BCUT2D eigenvalue weighted by molar-refractivity contribution is -0.133. The Kier molecular flexibility index (Phi) is 5.40. The Bertz CT molecular complexity index is 250. The van der Waals surface area contributed by atoms with Gasteiger partial charge in [0.05, 0.1) is 12.1 Å². The van der Waals surface area contributed by atoms with E-state index in [1.807, 2.05) is 27.8 Å². The Morgan fingerprint density at radius 1 is 1.35 bits per heavy atom. The van der Waals surface area contributed by atoms with Gasteiger partial charge in [-0.1, -0.05) is 0 Å². The van der Waals surface area contributed by atoms with Crippen LogP contribution in [0.4, 0.5) is 0 Å². The lowest BCUT2D eigenvalue weighted by Gasteiger charge is -2.29. The summed E-state index contributed by atoms with van der Waals surface area (Å²) in [5.74, 6) is 0.143. The number of hydrogen-bond donors (Lipinski definition) is 1. The molecule has 0 aromatic carbocycles. The molecule has 0 aliphatic carbocycles. The molecule has 0 aromatic rings. The fourth-order valence-electron chi connectivity index (χ4n) is 2.13. The van der Waals surface area contributed by atoms with Gasteiger partial charge in [-0.15, -0.1) is 0 Å². The molecule has 0 aromatic heterocycles. The summed E-state index contributed by atoms with van der Waals surface area (Å²) in [6.07, 6.45) is 2.48. The van der Waals surface area contributed by atoms with Gasteiger partial charge >= 0.3 is 0 Å². The van der Waals surface area contributed by atoms with Crippen LogP contribution in [0.15, 0.2) is 0 Å². The molecule has 0 bridgehead atoms. The minimum absolute atomic E-state index is 0.143. The Morgan fingerprint density at radius 3 is 2.47 bits per heavy atom. The Morgan fingerprint density at radius 2 is 2.00 bits per heavy atom. The average Bonchev–Trinajstić information content (AvgIpc) is 2.80. The highest BCUT2D eigenvalue weighted by molar-refractivity contribution is 5.81. The first-order chi connectivity index (χ1) is 7.93. The van der Waals surface area contributed by atoms with E-state index in [1.54, 1.807) is 4.90 Å². The molecule has 0 unspecified atom stereocenters. The van der Waals surface area contributed by atoms with E-state index in [0.29, 0.717) is 0 Å². The molecule has 1 aliphatic heterocycles. The molecule has 0 saturated carbocycles. The number of ether oxygens (including phenoxy) is 1. The van der Waals surface area contributed by atoms with Crippen molar-refractivity contribution < 1.29 is 9.53 Å². The van der Waals surface area contributed by atoms with Crippen molar-refractivity contribution in [3.05, 3.63) is 0 Å². The van der Waals surface area contributed by atoms with E-state index in [2.05, 4.69) is 12.2 Å². The Labute approximate surface area is 105 Å². The highest BCUT2D eigenvalue weighted by Gasteiger charge is 2.26. The van der Waals surface area contributed by atoms with Crippen molar-refractivity contribution in [1.82, 2.24) is 10.2 Å². The summed E-state index contributed by atoms with van der Waals surface area (Å²) < 4.78 is 5.62. The summed E-state index contributed by atoms with van der Waals surface area (Å²) in [6.45, 7) is 8.91. The molecule has 4 heteroatoms. The van der Waals surface area contributed by atoms with E-state index in [1.165, 1.54) is 0 Å². The number of nitrogens with zero attached hydrogens (tertiary/aromatic N) is 1. The second kappa shape index (κ2) is 6.36. The van der Waals surface area contributed by atoms with Crippen LogP contribution in [0.5, 0.6) is 0 Å². The Balaban J connectivity index is 2.42. The number of amides is 1. The minimum Gasteiger partial charge on any atom is -0.377 e. The van der Waals surface area contributed by atoms with E-state index in [4.69, 9.17) is 4.74 Å². The van der Waals surface area contributed by atoms with Crippen LogP contribution in [-0.2, 0) is 9.53 Å². The normalized spacial score (nSPS) is 23.8. The standard InChI is InChI=1S/C13H26N2O2/c1-9(2)15(5)13(16)11(4)14-10(3)12-7-6-8-17-12/h9-12,14H,6-8H2,1-5H3/t10-,11-,12-/m0/s1. The largest absolute Gasteiger partial charge is 0.377 e. The van der Waals surface area contributed by atoms with Gasteiger partial charge in [0.25, 0.3) is 0 Å². The SMILES string of the molecule is CC(C)N(C)C(=O)[C@H](C)N[C@@H](C)[C@@H]1CCCO1. The van der Waals surface area contributed by atoms with Crippen LogP contribution in [0.3, 0.4) is 0 Å². The molecule has 1 aliphatic rings. The first-order valence-corrected chi connectivity index (χ1v) is 6.57. The third kappa shape index (κ3) is 3.96. The second-order valence-electron chi connectivity index (χ2n) is 5.27. The van der Waals surface area contributed by atoms with Gasteiger partial charge in [0.2, 0.25) is 5.91 Å². The van der Waals surface area contributed by atoms with Crippen molar-refractivity contribution in [3.8, 4) is 0 Å². The maximum absolute atomic E-state index is 12.1. The van der Waals surface area contributed by atoms with Crippen molar-refractivity contribution in [2.24, 2.45) is 0 Å². The predicted octanol–water partition coefficient (Wildman–Crippen LogP) is 1.40. The monoisotopic (exact) mass is 242 g/mol. The first kappa shape index (κ1) is 14.5. The summed E-state index contributed by atoms with van der Waals surface area (Å²) in [5.41, 5.74) is 0. The summed E-state index contributed by atoms with van der Waals surface area (Å²) in [4.78, 5) is 13.8. The first-order valence-electron chi connectivity index (χ1n) is 6.57. The van der Waals surface area contributed by atoms with Crippen LogP contribution in [0.2, 0.25) is 0 Å². The molecule has 4 nitrogen and oxygen atoms in total. The molecule has 1 fully saturated rings. The molecule has 1 rings (SSSR count). The molecule has 3 atom stereocenters. The summed E-state index contributed by atoms with van der Waals surface area (Å²) in [5, 5.41) is 3.34. The lowest BCUT2D eigenvalue weighted by atomic mass is 10.1. The van der Waals surface area contributed by atoms with Crippen LogP contribution < -0.4 is 5.32 Å². The zero-order valence-electron chi connectivity index (χ0n) is 11.7. The smallest absolute Gasteiger partial charge is 0.239 e. The molecule has 0 radical (unpaired) electrons. The topological polar surface area (TPSA) is 41.6 Å². The fraction of sp³-hybridized carbons (Fsp3) is 0.923. The summed E-state index contributed by atoms with van der Waals surface area (Å²) >= 11 is 0. The van der Waals surface area contributed by atoms with Crippen LogP contribution in [0, 0.1) is 0 Å². The third-order valence-corrected chi connectivity index (χ3v) is 3.53. The fourth-order valence-corrected chi connectivity index (χ4v) is 2.13. The van der Waals surface area contributed by atoms with Gasteiger partial charge in [-0.05, 0) is 40.5 Å². The van der Waals surface area contributed by atoms with Crippen molar-refractivity contribution in [3.63, 3.8) is 0 Å². The maximum Gasteiger partial charge on any atom is 0.239 e. The van der Waals surface area contributed by atoms with Crippen molar-refractivity contribution in [2.75, 3.05) is 13.7 Å². The zero-order valence-corrected chi connectivity index (χ0v) is 11.7. The molecule has 1 saturated heterocycles. The number of hydrogen-bond acceptors (Lipinski definition) is 3. The molecule has 0 spiro atoms. The van der Waals surface area contributed by atoms with E-state index in [9.17, 15) is 4.79 Å². The number of nitrogens with one attached hydrogen (secondary N) is 1. The quantitative estimate of drug-likeness (QED) is 0.792. The number of carbonyl (C=O) groups is 1. The van der Waals surface area contributed by atoms with Gasteiger partial charge in [-0.2, -0.15) is 0 Å². The van der Waals surface area contributed by atoms with Gasteiger partial charge in [-0.3, -0.25) is 4.79 Å². The van der Waals surface area contributed by atoms with E-state index < -0.39 is 0 Å². The maximum atomic E-state index is 12.1. The molecule has 1 N–H and O–H groups in total. The van der Waals surface area contributed by atoms with Crippen molar-refractivity contribution in [2.45, 2.75) is 64.8 Å². The molecule has 100 valence electrons. The number of carbonyl (C=O) groups excluding carboxylic acids is 1. The van der Waals surface area contributed by atoms with Crippen LogP contribution in [0.1, 0.15) is 40.5 Å². The second-order valence-corrected chi connectivity index (χ2v) is 5.27. The van der Waals surface area contributed by atoms with Gasteiger partial charge < -0.3 is 15.0 Å². The minimum atomic E-state index is -0.151. The Hall–Kier alpha value is -0.610. The van der Waals surface area contributed by atoms with E-state index >= 15 is 0 Å². The molecule has 1 heterocycles. The number of rotatable bonds is 5. The molecule has 17 heavy (non-hydrogen) atoms. The molecule has 1 amide bonds. The van der Waals surface area contributed by atoms with E-state index in [0.717, 1.165) is 19.4 Å². The van der Waals surface area contributed by atoms with Crippen LogP contribution >= 0.6 is 0 Å². The lowest BCUT2D eigenvalue weighted by Crippen LogP contribution is -2.51. The van der Waals surface area contributed by atoms with Crippen molar-refractivity contribution in [1.29, 1.82) is 0 Å². The summed E-state index contributed by atoms with van der Waals surface area (Å²) in [6, 6.07) is 0.323. The highest BCUT2D eigenvalue weighted by atomic mass is 16.5. The molecular weight excluding hydrogens is 216 g/mol. The van der Waals surface area contributed by atoms with Gasteiger partial charge in [0.1, 0.15) is 0 Å². The van der Waals surface area contributed by atoms with Crippen LogP contribution in [-0.4, -0.2) is 48.7 Å². The molecular formula is C13H26N2O2.